The largest absolute Gasteiger partial charge is 0.485 e. The van der Waals surface area contributed by atoms with Gasteiger partial charge in [0.05, 0.1) is 5.75 Å². The van der Waals surface area contributed by atoms with Crippen LogP contribution in [-0.4, -0.2) is 37.9 Å². The predicted molar refractivity (Wildman–Crippen MR) is 114 cm³/mol. The van der Waals surface area contributed by atoms with E-state index in [4.69, 9.17) is 9.47 Å². The van der Waals surface area contributed by atoms with Gasteiger partial charge in [-0.1, -0.05) is 42.1 Å². The second-order valence-electron chi connectivity index (χ2n) is 7.15. The summed E-state index contributed by atoms with van der Waals surface area (Å²) in [6.07, 6.45) is -0.349. The molecular formula is C22H20N4O3S. The lowest BCUT2D eigenvalue weighted by Gasteiger charge is -2.25. The highest BCUT2D eigenvalue weighted by molar-refractivity contribution is 7.99. The van der Waals surface area contributed by atoms with Crippen LogP contribution >= 0.6 is 11.8 Å². The van der Waals surface area contributed by atoms with Crippen molar-refractivity contribution in [3.8, 4) is 11.5 Å². The molecule has 1 aliphatic rings. The van der Waals surface area contributed by atoms with E-state index in [0.717, 1.165) is 27.9 Å². The van der Waals surface area contributed by atoms with Crippen LogP contribution in [0.25, 0.3) is 10.9 Å². The van der Waals surface area contributed by atoms with Crippen LogP contribution < -0.4 is 9.47 Å². The molecular weight excluding hydrogens is 400 g/mol. The Hall–Kier alpha value is -3.26. The van der Waals surface area contributed by atoms with Crippen molar-refractivity contribution in [1.82, 2.24) is 19.7 Å². The summed E-state index contributed by atoms with van der Waals surface area (Å²) in [5.41, 5.74) is 2.59. The van der Waals surface area contributed by atoms with Gasteiger partial charge < -0.3 is 19.0 Å². The van der Waals surface area contributed by atoms with Gasteiger partial charge in [-0.15, -0.1) is 10.2 Å². The van der Waals surface area contributed by atoms with E-state index in [0.29, 0.717) is 23.3 Å². The van der Waals surface area contributed by atoms with Crippen molar-refractivity contribution in [1.29, 1.82) is 0 Å². The maximum Gasteiger partial charge on any atom is 0.192 e. The minimum Gasteiger partial charge on any atom is -0.485 e. The van der Waals surface area contributed by atoms with Crippen molar-refractivity contribution in [3.05, 3.63) is 65.6 Å². The fourth-order valence-corrected chi connectivity index (χ4v) is 4.51. The number of aromatic nitrogens is 4. The van der Waals surface area contributed by atoms with Gasteiger partial charge in [0.25, 0.3) is 0 Å². The third-order valence-corrected chi connectivity index (χ3v) is 6.19. The van der Waals surface area contributed by atoms with Crippen LogP contribution in [0.1, 0.15) is 28.0 Å². The highest BCUT2D eigenvalue weighted by Gasteiger charge is 2.27. The van der Waals surface area contributed by atoms with Crippen molar-refractivity contribution in [3.63, 3.8) is 0 Å². The summed E-state index contributed by atoms with van der Waals surface area (Å²) in [5.74, 6) is 2.43. The van der Waals surface area contributed by atoms with Crippen LogP contribution in [0.3, 0.4) is 0 Å². The number of H-pyrrole nitrogens is 1. The summed E-state index contributed by atoms with van der Waals surface area (Å²) < 4.78 is 13.7. The van der Waals surface area contributed by atoms with Gasteiger partial charge in [0.2, 0.25) is 0 Å². The standard InChI is InChI=1S/C22H20N4O3S/c1-13-20(14-7-3-4-8-15(14)23-13)16(27)12-30-22-25-24-21(26(22)2)19-11-28-17-9-5-6-10-18(17)29-19/h3-10,19,23H,11-12H2,1-2H3. The Labute approximate surface area is 177 Å². The smallest absolute Gasteiger partial charge is 0.192 e. The zero-order valence-corrected chi connectivity index (χ0v) is 17.4. The third kappa shape index (κ3) is 3.23. The highest BCUT2D eigenvalue weighted by Crippen LogP contribution is 2.36. The number of rotatable bonds is 5. The Morgan fingerprint density at radius 2 is 1.93 bits per heavy atom. The summed E-state index contributed by atoms with van der Waals surface area (Å²) >= 11 is 1.37. The van der Waals surface area contributed by atoms with E-state index in [9.17, 15) is 4.79 Å². The van der Waals surface area contributed by atoms with E-state index in [1.807, 2.05) is 67.1 Å². The molecule has 0 aliphatic carbocycles. The van der Waals surface area contributed by atoms with E-state index < -0.39 is 0 Å². The molecule has 0 amide bonds. The number of nitrogens with zero attached hydrogens (tertiary/aromatic N) is 3. The van der Waals surface area contributed by atoms with Crippen LogP contribution in [0, 0.1) is 6.92 Å². The number of carbonyl (C=O) groups excluding carboxylic acids is 1. The Morgan fingerprint density at radius 1 is 1.17 bits per heavy atom. The fraction of sp³-hybridized carbons (Fsp3) is 0.227. The number of hydrogen-bond acceptors (Lipinski definition) is 6. The second-order valence-corrected chi connectivity index (χ2v) is 8.09. The summed E-state index contributed by atoms with van der Waals surface area (Å²) in [4.78, 5) is 16.2. The van der Waals surface area contributed by atoms with Crippen LogP contribution in [0.5, 0.6) is 11.5 Å². The molecule has 3 heterocycles. The zero-order valence-electron chi connectivity index (χ0n) is 16.6. The van der Waals surface area contributed by atoms with E-state index in [2.05, 4.69) is 15.2 Å². The number of hydrogen-bond donors (Lipinski definition) is 1. The summed E-state index contributed by atoms with van der Waals surface area (Å²) in [5, 5.41) is 10.2. The van der Waals surface area contributed by atoms with Gasteiger partial charge >= 0.3 is 0 Å². The number of aryl methyl sites for hydroxylation is 1. The third-order valence-electron chi connectivity index (χ3n) is 5.17. The monoisotopic (exact) mass is 420 g/mol. The maximum atomic E-state index is 12.9. The number of ether oxygens (including phenoxy) is 2. The van der Waals surface area contributed by atoms with Crippen molar-refractivity contribution < 1.29 is 14.3 Å². The summed E-state index contributed by atoms with van der Waals surface area (Å²) in [6.45, 7) is 2.29. The molecule has 1 atom stereocenters. The number of thioether (sulfide) groups is 1. The van der Waals surface area contributed by atoms with Crippen molar-refractivity contribution in [2.45, 2.75) is 18.2 Å². The molecule has 0 radical (unpaired) electrons. The number of para-hydroxylation sites is 3. The molecule has 1 aliphatic heterocycles. The molecule has 0 spiro atoms. The van der Waals surface area contributed by atoms with Gasteiger partial charge in [0.15, 0.2) is 34.4 Å². The van der Waals surface area contributed by atoms with E-state index in [1.54, 1.807) is 0 Å². The van der Waals surface area contributed by atoms with Crippen molar-refractivity contribution in [2.24, 2.45) is 7.05 Å². The van der Waals surface area contributed by atoms with Crippen molar-refractivity contribution in [2.75, 3.05) is 12.4 Å². The predicted octanol–water partition coefficient (Wildman–Crippen LogP) is 4.09. The molecule has 2 aromatic heterocycles. The molecule has 0 fully saturated rings. The first kappa shape index (κ1) is 18.7. The number of fused-ring (bicyclic) bond motifs is 2. The van der Waals surface area contributed by atoms with Gasteiger partial charge in [-0.25, -0.2) is 0 Å². The second kappa shape index (κ2) is 7.53. The quantitative estimate of drug-likeness (QED) is 0.387. The van der Waals surface area contributed by atoms with Crippen molar-refractivity contribution >= 4 is 28.4 Å². The van der Waals surface area contributed by atoms with E-state index in [-0.39, 0.29) is 17.6 Å². The van der Waals surface area contributed by atoms with E-state index >= 15 is 0 Å². The first-order valence-corrected chi connectivity index (χ1v) is 10.6. The SMILES string of the molecule is Cc1[nH]c2ccccc2c1C(=O)CSc1nnc(C2COc3ccccc3O2)n1C. The molecule has 30 heavy (non-hydrogen) atoms. The number of carbonyl (C=O) groups is 1. The van der Waals surface area contributed by atoms with E-state index in [1.165, 1.54) is 11.8 Å². The highest BCUT2D eigenvalue weighted by atomic mass is 32.2. The van der Waals surface area contributed by atoms with Crippen LogP contribution in [0.2, 0.25) is 0 Å². The maximum absolute atomic E-state index is 12.9. The fourth-order valence-electron chi connectivity index (χ4n) is 3.72. The molecule has 0 saturated carbocycles. The van der Waals surface area contributed by atoms with Gasteiger partial charge in [0, 0.05) is 29.2 Å². The number of aromatic amines is 1. The first-order valence-electron chi connectivity index (χ1n) is 9.63. The summed E-state index contributed by atoms with van der Waals surface area (Å²) in [7, 11) is 1.88. The lowest BCUT2D eigenvalue weighted by Crippen LogP contribution is -2.24. The summed E-state index contributed by atoms with van der Waals surface area (Å²) in [6, 6.07) is 15.4. The molecule has 4 aromatic rings. The average Bonchev–Trinajstić information content (AvgIpc) is 3.30. The first-order chi connectivity index (χ1) is 14.6. The number of Topliss-reactive ketones (excluding diaryl/α,β-unsaturated/α-hetero) is 1. The van der Waals surface area contributed by atoms with Crippen LogP contribution in [0.15, 0.2) is 53.7 Å². The molecule has 8 heteroatoms. The van der Waals surface area contributed by atoms with Gasteiger partial charge in [-0.05, 0) is 25.1 Å². The number of benzene rings is 2. The van der Waals surface area contributed by atoms with Gasteiger partial charge in [0.1, 0.15) is 6.61 Å². The number of ketones is 1. The Kier molecular flexibility index (Phi) is 4.71. The number of nitrogens with one attached hydrogen (secondary N) is 1. The Morgan fingerprint density at radius 3 is 2.80 bits per heavy atom. The molecule has 5 rings (SSSR count). The lowest BCUT2D eigenvalue weighted by atomic mass is 10.1. The molecule has 152 valence electrons. The molecule has 7 nitrogen and oxygen atoms in total. The Balaban J connectivity index is 1.32. The normalized spacial score (nSPS) is 15.5. The lowest BCUT2D eigenvalue weighted by molar-refractivity contribution is 0.0825. The average molecular weight is 420 g/mol. The van der Waals surface area contributed by atoms with Crippen LogP contribution in [0.4, 0.5) is 0 Å². The Bertz CT molecular complexity index is 1250. The molecule has 2 aromatic carbocycles. The minimum atomic E-state index is -0.349. The van der Waals surface area contributed by atoms with Gasteiger partial charge in [-0.3, -0.25) is 4.79 Å². The zero-order chi connectivity index (χ0) is 20.7. The minimum absolute atomic E-state index is 0.0608. The molecule has 0 bridgehead atoms. The molecule has 1 N–H and O–H groups in total. The molecule has 1 unspecified atom stereocenters. The van der Waals surface area contributed by atoms with Crippen LogP contribution in [-0.2, 0) is 7.05 Å². The molecule has 0 saturated heterocycles. The topological polar surface area (TPSA) is 82.0 Å². The van der Waals surface area contributed by atoms with Gasteiger partial charge in [-0.2, -0.15) is 0 Å².